The number of carbonyl (C=O) groups is 1. The van der Waals surface area contributed by atoms with E-state index in [0.717, 1.165) is 66.3 Å². The normalized spacial score (nSPS) is 10.8. The van der Waals surface area contributed by atoms with Gasteiger partial charge in [-0.3, -0.25) is 4.79 Å². The van der Waals surface area contributed by atoms with Gasteiger partial charge in [0.2, 0.25) is 5.91 Å². The third-order valence-corrected chi connectivity index (χ3v) is 7.54. The molecule has 1 amide bonds. The van der Waals surface area contributed by atoms with Crippen LogP contribution in [0.3, 0.4) is 0 Å². The molecule has 0 radical (unpaired) electrons. The van der Waals surface area contributed by atoms with Gasteiger partial charge in [-0.2, -0.15) is 0 Å². The molecular formula is C32H53N3O3S2. The molecule has 40 heavy (non-hydrogen) atoms. The third-order valence-electron chi connectivity index (χ3n) is 4.90. The van der Waals surface area contributed by atoms with E-state index in [1.807, 2.05) is 72.0 Å². The highest BCUT2D eigenvalue weighted by molar-refractivity contribution is 8.76. The first kappa shape index (κ1) is 39.6. The molecule has 0 fully saturated rings. The standard InChI is InChI=1S/C23H31NO2.C5H13NS2.C4H9NO/c1-7-9-20(13-15-24-14-8-10-18(2)3)11-12-21-16-19(4)22(25-5)17-23(21)26-6;1-2-4-7-8-5-3-6;1-2-3-4(5)6/h7,9,11-13,15-17,24H,1-2,8,10,14H2,3-6H3;2-6H2,1H3;2-3H2,1H3,(H2,5,6)/b12-11+,15-13-,20-9-;;. The molecule has 6 nitrogen and oxygen atoms in total. The lowest BCUT2D eigenvalue weighted by atomic mass is 10.1. The maximum Gasteiger partial charge on any atom is 0.217 e. The first-order valence-corrected chi connectivity index (χ1v) is 16.2. The van der Waals surface area contributed by atoms with Crippen molar-refractivity contribution in [3.8, 4) is 11.5 Å². The van der Waals surface area contributed by atoms with E-state index >= 15 is 0 Å². The minimum Gasteiger partial charge on any atom is -0.496 e. The summed E-state index contributed by atoms with van der Waals surface area (Å²) in [5, 5.41) is 3.30. The Morgan fingerprint density at radius 1 is 1.05 bits per heavy atom. The quantitative estimate of drug-likeness (QED) is 0.0699. The molecule has 1 rings (SSSR count). The molecule has 0 aliphatic heterocycles. The fourth-order valence-electron chi connectivity index (χ4n) is 2.93. The number of benzene rings is 1. The van der Waals surface area contributed by atoms with Crippen LogP contribution < -0.4 is 26.3 Å². The van der Waals surface area contributed by atoms with Crippen molar-refractivity contribution in [2.45, 2.75) is 59.8 Å². The number of hydrogen-bond donors (Lipinski definition) is 3. The molecular weight excluding hydrogens is 539 g/mol. The molecule has 8 heteroatoms. The molecule has 0 unspecified atom stereocenters. The number of hydrogen-bond acceptors (Lipinski definition) is 7. The Bertz CT molecular complexity index is 922. The Morgan fingerprint density at radius 3 is 2.23 bits per heavy atom. The van der Waals surface area contributed by atoms with Crippen LogP contribution in [0.4, 0.5) is 0 Å². The lowest BCUT2D eigenvalue weighted by molar-refractivity contribution is -0.118. The SMILES string of the molecule is C=C/C=C(\C=C/NCCCC(=C)C)/C=C/c1cc(C)c(OC)cc1OC.CCCC(N)=O.CCCSSCCN. The van der Waals surface area contributed by atoms with E-state index < -0.39 is 0 Å². The first-order valence-electron chi connectivity index (χ1n) is 13.7. The van der Waals surface area contributed by atoms with Crippen molar-refractivity contribution in [2.75, 3.05) is 38.8 Å². The summed E-state index contributed by atoms with van der Waals surface area (Å²) < 4.78 is 10.8. The van der Waals surface area contributed by atoms with Crippen LogP contribution in [0.5, 0.6) is 11.5 Å². The summed E-state index contributed by atoms with van der Waals surface area (Å²) in [5.74, 6) is 3.73. The summed E-state index contributed by atoms with van der Waals surface area (Å²) in [7, 11) is 7.11. The van der Waals surface area contributed by atoms with E-state index in [0.29, 0.717) is 6.42 Å². The maximum absolute atomic E-state index is 9.82. The zero-order chi connectivity index (χ0) is 30.6. The van der Waals surface area contributed by atoms with Crippen LogP contribution in [0.1, 0.15) is 64.0 Å². The predicted octanol–water partition coefficient (Wildman–Crippen LogP) is 7.61. The number of nitrogens with one attached hydrogen (secondary N) is 1. The van der Waals surface area contributed by atoms with Crippen molar-refractivity contribution in [1.29, 1.82) is 0 Å². The average molecular weight is 592 g/mol. The van der Waals surface area contributed by atoms with Crippen LogP contribution >= 0.6 is 21.6 Å². The Morgan fingerprint density at radius 2 is 1.73 bits per heavy atom. The molecule has 0 bridgehead atoms. The second kappa shape index (κ2) is 28.0. The second-order valence-corrected chi connectivity index (χ2v) is 11.5. The van der Waals surface area contributed by atoms with Gasteiger partial charge in [0, 0.05) is 42.6 Å². The molecule has 0 saturated carbocycles. The number of carbonyl (C=O) groups excluding carboxylic acids is 1. The fraction of sp³-hybridized carbons (Fsp3) is 0.469. The second-order valence-electron chi connectivity index (χ2n) is 8.80. The first-order chi connectivity index (χ1) is 19.2. The van der Waals surface area contributed by atoms with Gasteiger partial charge in [-0.25, -0.2) is 0 Å². The molecule has 0 atom stereocenters. The van der Waals surface area contributed by atoms with Crippen LogP contribution in [-0.4, -0.2) is 44.7 Å². The molecule has 0 saturated heterocycles. The topological polar surface area (TPSA) is 99.6 Å². The van der Waals surface area contributed by atoms with Crippen LogP contribution in [0, 0.1) is 6.92 Å². The highest BCUT2D eigenvalue weighted by Gasteiger charge is 2.06. The van der Waals surface area contributed by atoms with E-state index in [9.17, 15) is 4.79 Å². The lowest BCUT2D eigenvalue weighted by Gasteiger charge is -2.10. The summed E-state index contributed by atoms with van der Waals surface area (Å²) in [5.41, 5.74) is 14.4. The van der Waals surface area contributed by atoms with E-state index in [1.165, 1.54) is 17.7 Å². The molecule has 0 aliphatic carbocycles. The van der Waals surface area contributed by atoms with Gasteiger partial charge in [-0.05, 0) is 69.0 Å². The monoisotopic (exact) mass is 591 g/mol. The van der Waals surface area contributed by atoms with Gasteiger partial charge in [0.05, 0.1) is 14.2 Å². The van der Waals surface area contributed by atoms with Crippen LogP contribution in [-0.2, 0) is 4.79 Å². The van der Waals surface area contributed by atoms with Crippen LogP contribution in [0.15, 0.2) is 66.9 Å². The van der Waals surface area contributed by atoms with Gasteiger partial charge in [-0.1, -0.05) is 71.9 Å². The van der Waals surface area contributed by atoms with Crippen LogP contribution in [0.2, 0.25) is 0 Å². The lowest BCUT2D eigenvalue weighted by Crippen LogP contribution is -2.08. The molecule has 0 aromatic heterocycles. The van der Waals surface area contributed by atoms with Gasteiger partial charge >= 0.3 is 0 Å². The van der Waals surface area contributed by atoms with Crippen molar-refractivity contribution in [1.82, 2.24) is 5.32 Å². The van der Waals surface area contributed by atoms with E-state index in [4.69, 9.17) is 20.9 Å². The van der Waals surface area contributed by atoms with E-state index in [-0.39, 0.29) is 5.91 Å². The minimum absolute atomic E-state index is 0.211. The molecule has 1 aromatic carbocycles. The van der Waals surface area contributed by atoms with Gasteiger partial charge in [-0.15, -0.1) is 6.58 Å². The maximum atomic E-state index is 9.82. The number of rotatable bonds is 18. The molecule has 0 spiro atoms. The van der Waals surface area contributed by atoms with Gasteiger partial charge in [0.25, 0.3) is 0 Å². The number of allylic oxidation sites excluding steroid dienone is 6. The number of amides is 1. The zero-order valence-electron chi connectivity index (χ0n) is 25.6. The smallest absolute Gasteiger partial charge is 0.217 e. The van der Waals surface area contributed by atoms with E-state index in [2.05, 4.69) is 38.4 Å². The van der Waals surface area contributed by atoms with Crippen molar-refractivity contribution in [3.63, 3.8) is 0 Å². The Balaban J connectivity index is 0. The number of nitrogens with two attached hydrogens (primary N) is 2. The average Bonchev–Trinajstić information content (AvgIpc) is 2.92. The number of methoxy groups -OCH3 is 2. The molecule has 1 aromatic rings. The Kier molecular flexibility index (Phi) is 27.7. The fourth-order valence-corrected chi connectivity index (χ4v) is 4.93. The predicted molar refractivity (Wildman–Crippen MR) is 181 cm³/mol. The molecule has 0 heterocycles. The molecule has 0 aliphatic rings. The van der Waals surface area contributed by atoms with Crippen molar-refractivity contribution in [2.24, 2.45) is 11.5 Å². The highest BCUT2D eigenvalue weighted by atomic mass is 33.1. The molecule has 5 N–H and O–H groups in total. The zero-order valence-corrected chi connectivity index (χ0v) is 27.2. The molecule has 226 valence electrons. The number of primary amides is 1. The van der Waals surface area contributed by atoms with E-state index in [1.54, 1.807) is 20.3 Å². The van der Waals surface area contributed by atoms with Gasteiger partial charge in [0.15, 0.2) is 0 Å². The largest absolute Gasteiger partial charge is 0.496 e. The minimum atomic E-state index is -0.211. The third kappa shape index (κ3) is 23.3. The van der Waals surface area contributed by atoms with Gasteiger partial charge in [0.1, 0.15) is 11.5 Å². The van der Waals surface area contributed by atoms with Gasteiger partial charge < -0.3 is 26.3 Å². The number of ether oxygens (including phenoxy) is 2. The van der Waals surface area contributed by atoms with Crippen molar-refractivity contribution < 1.29 is 14.3 Å². The van der Waals surface area contributed by atoms with Crippen LogP contribution in [0.25, 0.3) is 6.08 Å². The summed E-state index contributed by atoms with van der Waals surface area (Å²) >= 11 is 0. The summed E-state index contributed by atoms with van der Waals surface area (Å²) in [6.07, 6.45) is 16.6. The summed E-state index contributed by atoms with van der Waals surface area (Å²) in [4.78, 5) is 9.82. The summed E-state index contributed by atoms with van der Waals surface area (Å²) in [6, 6.07) is 3.96. The van der Waals surface area contributed by atoms with Crippen molar-refractivity contribution >= 4 is 33.6 Å². The Hall–Kier alpha value is -2.55. The Labute approximate surface area is 252 Å². The van der Waals surface area contributed by atoms with Crippen molar-refractivity contribution in [3.05, 3.63) is 78.1 Å². The number of aryl methyl sites for hydroxylation is 1. The highest BCUT2D eigenvalue weighted by Crippen LogP contribution is 2.29. The summed E-state index contributed by atoms with van der Waals surface area (Å²) in [6.45, 7) is 17.6.